The smallest absolute Gasteiger partial charge is 0.325 e. The zero-order chi connectivity index (χ0) is 18.6. The van der Waals surface area contributed by atoms with Crippen LogP contribution in [0.3, 0.4) is 0 Å². The molecule has 0 bridgehead atoms. The van der Waals surface area contributed by atoms with Gasteiger partial charge in [0.15, 0.2) is 0 Å². The second kappa shape index (κ2) is 7.52. The van der Waals surface area contributed by atoms with Crippen molar-refractivity contribution in [3.63, 3.8) is 0 Å². The van der Waals surface area contributed by atoms with Crippen molar-refractivity contribution in [3.8, 4) is 0 Å². The van der Waals surface area contributed by atoms with Crippen molar-refractivity contribution in [2.45, 2.75) is 12.7 Å². The van der Waals surface area contributed by atoms with E-state index in [-0.39, 0.29) is 16.8 Å². The molecule has 0 saturated heterocycles. The molecule has 0 atom stereocenters. The summed E-state index contributed by atoms with van der Waals surface area (Å²) >= 11 is 5.71. The number of nitro benzene ring substituents is 1. The van der Waals surface area contributed by atoms with Crippen LogP contribution in [0.2, 0.25) is 5.02 Å². The Balaban J connectivity index is 2.35. The molecule has 9 heteroatoms. The number of para-hydroxylation sites is 1. The molecule has 0 aliphatic heterocycles. The number of halogens is 4. The molecule has 0 fully saturated rings. The Hall–Kier alpha value is -2.61. The second-order valence-corrected chi connectivity index (χ2v) is 5.61. The first kappa shape index (κ1) is 18.7. The van der Waals surface area contributed by atoms with Gasteiger partial charge in [0.25, 0.3) is 11.6 Å². The number of hydrogen-bond donors (Lipinski definition) is 0. The first-order valence-corrected chi connectivity index (χ1v) is 7.39. The van der Waals surface area contributed by atoms with Crippen molar-refractivity contribution in [1.82, 2.24) is 4.90 Å². The van der Waals surface area contributed by atoms with Gasteiger partial charge in [-0.3, -0.25) is 14.9 Å². The number of alkyl halides is 3. The average molecular weight is 373 g/mol. The molecule has 2 rings (SSSR count). The summed E-state index contributed by atoms with van der Waals surface area (Å²) in [6.07, 6.45) is -4.65. The topological polar surface area (TPSA) is 63.5 Å². The molecule has 0 saturated carbocycles. The van der Waals surface area contributed by atoms with E-state index in [0.29, 0.717) is 9.92 Å². The predicted molar refractivity (Wildman–Crippen MR) is 85.3 cm³/mol. The molecule has 0 heterocycles. The summed E-state index contributed by atoms with van der Waals surface area (Å²) in [6, 6.07) is 10.7. The van der Waals surface area contributed by atoms with E-state index in [0.717, 1.165) is 0 Å². The van der Waals surface area contributed by atoms with Gasteiger partial charge < -0.3 is 4.90 Å². The SMILES string of the molecule is O=C(c1ccc(Cl)cc1)N(Cc1ccccc1[N+](=O)[O-])CC(F)(F)F. The molecule has 25 heavy (non-hydrogen) atoms. The lowest BCUT2D eigenvalue weighted by atomic mass is 10.1. The summed E-state index contributed by atoms with van der Waals surface area (Å²) in [6.45, 7) is -2.07. The van der Waals surface area contributed by atoms with E-state index in [1.165, 1.54) is 48.5 Å². The lowest BCUT2D eigenvalue weighted by Gasteiger charge is -2.24. The number of nitro groups is 1. The van der Waals surface area contributed by atoms with Crippen LogP contribution in [0.5, 0.6) is 0 Å². The minimum Gasteiger partial charge on any atom is -0.325 e. The third-order valence-electron chi connectivity index (χ3n) is 3.30. The molecule has 0 aliphatic rings. The van der Waals surface area contributed by atoms with Crippen LogP contribution < -0.4 is 0 Å². The molecular formula is C16H12ClF3N2O3. The monoisotopic (exact) mass is 372 g/mol. The number of rotatable bonds is 5. The van der Waals surface area contributed by atoms with E-state index in [9.17, 15) is 28.1 Å². The van der Waals surface area contributed by atoms with Crippen molar-refractivity contribution in [1.29, 1.82) is 0 Å². The predicted octanol–water partition coefficient (Wildman–Crippen LogP) is 4.45. The fraction of sp³-hybridized carbons (Fsp3) is 0.188. The van der Waals surface area contributed by atoms with Gasteiger partial charge in [0.05, 0.1) is 11.5 Å². The Bertz CT molecular complexity index is 779. The maximum Gasteiger partial charge on any atom is 0.406 e. The number of benzene rings is 2. The zero-order valence-electron chi connectivity index (χ0n) is 12.7. The number of nitrogens with zero attached hydrogens (tertiary/aromatic N) is 2. The third kappa shape index (κ3) is 5.18. The minimum atomic E-state index is -4.65. The van der Waals surface area contributed by atoms with E-state index in [1.54, 1.807) is 0 Å². The maximum absolute atomic E-state index is 12.9. The van der Waals surface area contributed by atoms with Crippen molar-refractivity contribution < 1.29 is 22.9 Å². The zero-order valence-corrected chi connectivity index (χ0v) is 13.4. The highest BCUT2D eigenvalue weighted by atomic mass is 35.5. The van der Waals surface area contributed by atoms with Crippen LogP contribution >= 0.6 is 11.6 Å². The molecule has 0 spiro atoms. The van der Waals surface area contributed by atoms with Gasteiger partial charge in [0.1, 0.15) is 6.54 Å². The van der Waals surface area contributed by atoms with Gasteiger partial charge in [0, 0.05) is 22.2 Å². The Morgan fingerprint density at radius 1 is 1.12 bits per heavy atom. The fourth-order valence-corrected chi connectivity index (χ4v) is 2.35. The van der Waals surface area contributed by atoms with Gasteiger partial charge in [-0.1, -0.05) is 29.8 Å². The summed E-state index contributed by atoms with van der Waals surface area (Å²) in [5.41, 5.74) is -0.329. The van der Waals surface area contributed by atoms with Crippen LogP contribution in [0.1, 0.15) is 15.9 Å². The van der Waals surface area contributed by atoms with E-state index < -0.39 is 30.1 Å². The maximum atomic E-state index is 12.9. The summed E-state index contributed by atoms with van der Waals surface area (Å²) < 4.78 is 38.6. The number of amides is 1. The highest BCUT2D eigenvalue weighted by Crippen LogP contribution is 2.24. The number of carbonyl (C=O) groups is 1. The van der Waals surface area contributed by atoms with E-state index in [4.69, 9.17) is 11.6 Å². The van der Waals surface area contributed by atoms with Gasteiger partial charge in [-0.2, -0.15) is 13.2 Å². The van der Waals surface area contributed by atoms with Crippen LogP contribution in [0.4, 0.5) is 18.9 Å². The molecule has 0 aliphatic carbocycles. The molecule has 1 amide bonds. The molecule has 5 nitrogen and oxygen atoms in total. The highest BCUT2D eigenvalue weighted by molar-refractivity contribution is 6.30. The molecule has 2 aromatic rings. The summed E-state index contributed by atoms with van der Waals surface area (Å²) in [5, 5.41) is 11.4. The van der Waals surface area contributed by atoms with Crippen molar-refractivity contribution >= 4 is 23.2 Å². The standard InChI is InChI=1S/C16H12ClF3N2O3/c17-13-7-5-11(6-8-13)15(23)21(10-16(18,19)20)9-12-3-1-2-4-14(12)22(24)25/h1-8H,9-10H2. The van der Waals surface area contributed by atoms with Crippen LogP contribution in [-0.4, -0.2) is 28.5 Å². The molecule has 0 aromatic heterocycles. The Morgan fingerprint density at radius 2 is 1.72 bits per heavy atom. The van der Waals surface area contributed by atoms with Gasteiger partial charge in [-0.25, -0.2) is 0 Å². The summed E-state index contributed by atoms with van der Waals surface area (Å²) in [5.74, 6) is -0.896. The first-order chi connectivity index (χ1) is 11.7. The van der Waals surface area contributed by atoms with Crippen LogP contribution in [0.25, 0.3) is 0 Å². The quantitative estimate of drug-likeness (QED) is 0.575. The van der Waals surface area contributed by atoms with Crippen molar-refractivity contribution in [2.24, 2.45) is 0 Å². The van der Waals surface area contributed by atoms with Gasteiger partial charge in [-0.15, -0.1) is 0 Å². The van der Waals surface area contributed by atoms with E-state index in [1.807, 2.05) is 0 Å². The Morgan fingerprint density at radius 3 is 2.28 bits per heavy atom. The normalized spacial score (nSPS) is 11.2. The molecule has 132 valence electrons. The number of hydrogen-bond acceptors (Lipinski definition) is 3. The van der Waals surface area contributed by atoms with Gasteiger partial charge in [-0.05, 0) is 24.3 Å². The van der Waals surface area contributed by atoms with Gasteiger partial charge in [0.2, 0.25) is 0 Å². The molecule has 0 radical (unpaired) electrons. The van der Waals surface area contributed by atoms with E-state index in [2.05, 4.69) is 0 Å². The molecular weight excluding hydrogens is 361 g/mol. The number of carbonyl (C=O) groups excluding carboxylic acids is 1. The first-order valence-electron chi connectivity index (χ1n) is 7.01. The fourth-order valence-electron chi connectivity index (χ4n) is 2.22. The highest BCUT2D eigenvalue weighted by Gasteiger charge is 2.34. The molecule has 2 aromatic carbocycles. The summed E-state index contributed by atoms with van der Waals surface area (Å²) in [7, 11) is 0. The van der Waals surface area contributed by atoms with E-state index >= 15 is 0 Å². The average Bonchev–Trinajstić information content (AvgIpc) is 2.53. The second-order valence-electron chi connectivity index (χ2n) is 5.17. The molecule has 0 unspecified atom stereocenters. The van der Waals surface area contributed by atoms with Crippen molar-refractivity contribution in [3.05, 3.63) is 74.8 Å². The Labute approximate surface area is 145 Å². The third-order valence-corrected chi connectivity index (χ3v) is 3.55. The minimum absolute atomic E-state index is 0.00670. The van der Waals surface area contributed by atoms with Crippen LogP contribution in [0, 0.1) is 10.1 Å². The van der Waals surface area contributed by atoms with Crippen LogP contribution in [0.15, 0.2) is 48.5 Å². The van der Waals surface area contributed by atoms with Gasteiger partial charge >= 0.3 is 6.18 Å². The van der Waals surface area contributed by atoms with Crippen LogP contribution in [-0.2, 0) is 6.54 Å². The summed E-state index contributed by atoms with van der Waals surface area (Å²) in [4.78, 5) is 23.3. The molecule has 0 N–H and O–H groups in total. The Kier molecular flexibility index (Phi) is 5.63. The lowest BCUT2D eigenvalue weighted by molar-refractivity contribution is -0.385. The largest absolute Gasteiger partial charge is 0.406 e. The van der Waals surface area contributed by atoms with Crippen molar-refractivity contribution in [2.75, 3.05) is 6.54 Å². The lowest BCUT2D eigenvalue weighted by Crippen LogP contribution is -2.38.